The van der Waals surface area contributed by atoms with Crippen molar-refractivity contribution in [3.8, 4) is 0 Å². The zero-order valence-electron chi connectivity index (χ0n) is 17.4. The van der Waals surface area contributed by atoms with Gasteiger partial charge in [-0.1, -0.05) is 66.2 Å². The van der Waals surface area contributed by atoms with Crippen molar-refractivity contribution in [3.05, 3.63) is 112 Å². The Morgan fingerprint density at radius 3 is 2.39 bits per heavy atom. The van der Waals surface area contributed by atoms with Crippen LogP contribution in [-0.4, -0.2) is 5.91 Å². The Morgan fingerprint density at radius 1 is 0.909 bits per heavy atom. The Bertz CT molecular complexity index is 1350. The monoisotopic (exact) mass is 465 g/mol. The van der Waals surface area contributed by atoms with Crippen molar-refractivity contribution in [1.82, 2.24) is 0 Å². The predicted octanol–water partition coefficient (Wildman–Crippen LogP) is 7.58. The van der Waals surface area contributed by atoms with Crippen LogP contribution in [0.4, 0.5) is 18.9 Å². The first-order valence-electron chi connectivity index (χ1n) is 10.5. The molecule has 0 N–H and O–H groups in total. The molecule has 0 aromatic heterocycles. The molecule has 5 rings (SSSR count). The van der Waals surface area contributed by atoms with E-state index < -0.39 is 11.7 Å². The van der Waals surface area contributed by atoms with Crippen LogP contribution in [0.25, 0.3) is 10.8 Å². The minimum atomic E-state index is -4.40. The highest BCUT2D eigenvalue weighted by molar-refractivity contribution is 6.30. The Hall–Kier alpha value is -3.31. The predicted molar refractivity (Wildman–Crippen MR) is 124 cm³/mol. The van der Waals surface area contributed by atoms with Crippen LogP contribution in [0.1, 0.15) is 34.6 Å². The number of hydrogen-bond acceptors (Lipinski definition) is 1. The molecule has 0 fully saturated rings. The average molecular weight is 466 g/mol. The Morgan fingerprint density at radius 2 is 1.67 bits per heavy atom. The van der Waals surface area contributed by atoms with E-state index in [9.17, 15) is 18.0 Å². The van der Waals surface area contributed by atoms with E-state index in [2.05, 4.69) is 0 Å². The zero-order valence-corrected chi connectivity index (χ0v) is 18.2. The van der Waals surface area contributed by atoms with Gasteiger partial charge in [-0.3, -0.25) is 4.79 Å². The van der Waals surface area contributed by atoms with Crippen LogP contribution in [0.15, 0.2) is 84.9 Å². The molecule has 0 radical (unpaired) electrons. The highest BCUT2D eigenvalue weighted by atomic mass is 35.5. The van der Waals surface area contributed by atoms with Gasteiger partial charge in [-0.2, -0.15) is 13.2 Å². The summed E-state index contributed by atoms with van der Waals surface area (Å²) in [7, 11) is 0. The van der Waals surface area contributed by atoms with Crippen molar-refractivity contribution in [2.24, 2.45) is 0 Å². The number of carbonyl (C=O) groups excluding carboxylic acids is 1. The molecule has 1 aliphatic rings. The number of carbonyl (C=O) groups is 1. The fourth-order valence-electron chi connectivity index (χ4n) is 4.59. The van der Waals surface area contributed by atoms with Gasteiger partial charge in [0.05, 0.1) is 12.1 Å². The lowest BCUT2D eigenvalue weighted by molar-refractivity contribution is -0.137. The quantitative estimate of drug-likeness (QED) is 0.305. The van der Waals surface area contributed by atoms with Gasteiger partial charge in [0, 0.05) is 23.0 Å². The second-order valence-corrected chi connectivity index (χ2v) is 8.64. The van der Waals surface area contributed by atoms with Gasteiger partial charge in [-0.05, 0) is 57.8 Å². The molecule has 33 heavy (non-hydrogen) atoms. The van der Waals surface area contributed by atoms with Crippen molar-refractivity contribution in [2.75, 3.05) is 4.90 Å². The number of anilines is 1. The van der Waals surface area contributed by atoms with Gasteiger partial charge >= 0.3 is 6.18 Å². The smallest absolute Gasteiger partial charge is 0.308 e. The fourth-order valence-corrected chi connectivity index (χ4v) is 4.80. The van der Waals surface area contributed by atoms with Gasteiger partial charge in [-0.25, -0.2) is 0 Å². The first-order chi connectivity index (χ1) is 15.8. The molecule has 166 valence electrons. The molecule has 1 atom stereocenters. The molecule has 0 aliphatic carbocycles. The fraction of sp³-hybridized carbons (Fsp3) is 0.148. The van der Waals surface area contributed by atoms with Crippen LogP contribution < -0.4 is 4.90 Å². The van der Waals surface area contributed by atoms with Crippen molar-refractivity contribution in [1.29, 1.82) is 0 Å². The summed E-state index contributed by atoms with van der Waals surface area (Å²) in [5, 5.41) is 2.60. The van der Waals surface area contributed by atoms with E-state index in [1.807, 2.05) is 54.6 Å². The van der Waals surface area contributed by atoms with Crippen LogP contribution in [-0.2, 0) is 17.5 Å². The molecule has 6 heteroatoms. The van der Waals surface area contributed by atoms with Crippen molar-refractivity contribution in [2.45, 2.75) is 25.1 Å². The lowest BCUT2D eigenvalue weighted by Crippen LogP contribution is -2.36. The third-order valence-corrected chi connectivity index (χ3v) is 6.37. The Labute approximate surface area is 194 Å². The molecular weight excluding hydrogens is 447 g/mol. The van der Waals surface area contributed by atoms with E-state index >= 15 is 0 Å². The number of benzene rings is 4. The second kappa shape index (κ2) is 8.23. The third kappa shape index (κ3) is 4.09. The maximum Gasteiger partial charge on any atom is 0.416 e. The summed E-state index contributed by atoms with van der Waals surface area (Å²) >= 11 is 6.14. The molecule has 0 spiro atoms. The first kappa shape index (κ1) is 21.5. The number of alkyl halides is 3. The largest absolute Gasteiger partial charge is 0.416 e. The molecule has 2 nitrogen and oxygen atoms in total. The van der Waals surface area contributed by atoms with E-state index in [-0.39, 0.29) is 18.2 Å². The summed E-state index contributed by atoms with van der Waals surface area (Å²) in [6.45, 7) is 0.366. The lowest BCUT2D eigenvalue weighted by atomic mass is 9.81. The van der Waals surface area contributed by atoms with Crippen LogP contribution in [0.2, 0.25) is 5.02 Å². The molecule has 4 aromatic rings. The number of nitrogens with zero attached hydrogens (tertiary/aromatic N) is 1. The van der Waals surface area contributed by atoms with Gasteiger partial charge in [0.25, 0.3) is 0 Å². The lowest BCUT2D eigenvalue weighted by Gasteiger charge is -2.35. The summed E-state index contributed by atoms with van der Waals surface area (Å²) in [6, 6.07) is 24.3. The highest BCUT2D eigenvalue weighted by Crippen LogP contribution is 2.45. The maximum absolute atomic E-state index is 13.3. The minimum absolute atomic E-state index is 0.0809. The molecule has 1 aliphatic heterocycles. The van der Waals surface area contributed by atoms with Crippen LogP contribution in [0, 0.1) is 0 Å². The van der Waals surface area contributed by atoms with Crippen molar-refractivity contribution < 1.29 is 18.0 Å². The number of hydrogen-bond donors (Lipinski definition) is 0. The summed E-state index contributed by atoms with van der Waals surface area (Å²) < 4.78 is 39.3. The van der Waals surface area contributed by atoms with Crippen LogP contribution in [0.5, 0.6) is 0 Å². The summed E-state index contributed by atoms with van der Waals surface area (Å²) in [6.07, 6.45) is -4.23. The number of amides is 1. The molecule has 0 saturated carbocycles. The molecule has 1 heterocycles. The van der Waals surface area contributed by atoms with Gasteiger partial charge in [0.2, 0.25) is 5.91 Å². The molecular formula is C27H19ClF3NO. The molecule has 1 unspecified atom stereocenters. The van der Waals surface area contributed by atoms with Crippen LogP contribution in [0.3, 0.4) is 0 Å². The van der Waals surface area contributed by atoms with E-state index in [0.29, 0.717) is 17.1 Å². The SMILES string of the molecule is O=C1CC(c2ccc(C(F)(F)F)cc2)c2c(ccc3ccccc23)N1Cc1cccc(Cl)c1. The molecule has 4 aromatic carbocycles. The summed E-state index contributed by atoms with van der Waals surface area (Å²) in [5.41, 5.74) is 2.62. The van der Waals surface area contributed by atoms with E-state index in [1.165, 1.54) is 12.1 Å². The summed E-state index contributed by atoms with van der Waals surface area (Å²) in [4.78, 5) is 15.0. The topological polar surface area (TPSA) is 20.3 Å². The van der Waals surface area contributed by atoms with Gasteiger partial charge in [0.1, 0.15) is 0 Å². The second-order valence-electron chi connectivity index (χ2n) is 8.21. The standard InChI is InChI=1S/C27H19ClF3NO/c28-21-6-3-4-17(14-21)16-32-24-13-10-18-5-1-2-7-22(18)26(24)23(15-25(32)33)19-8-11-20(12-9-19)27(29,30)31/h1-14,23H,15-16H2. The van der Waals surface area contributed by atoms with E-state index in [1.54, 1.807) is 11.0 Å². The number of fused-ring (bicyclic) bond motifs is 3. The summed E-state index contributed by atoms with van der Waals surface area (Å²) in [5.74, 6) is -0.417. The maximum atomic E-state index is 13.3. The van der Waals surface area contributed by atoms with Gasteiger partial charge in [0.15, 0.2) is 0 Å². The van der Waals surface area contributed by atoms with Crippen molar-refractivity contribution in [3.63, 3.8) is 0 Å². The average Bonchev–Trinajstić information content (AvgIpc) is 2.80. The minimum Gasteiger partial charge on any atom is -0.308 e. The van der Waals surface area contributed by atoms with Crippen molar-refractivity contribution >= 4 is 34.0 Å². The third-order valence-electron chi connectivity index (χ3n) is 6.14. The number of rotatable bonds is 3. The number of halogens is 4. The Balaban J connectivity index is 1.64. The van der Waals surface area contributed by atoms with Crippen LogP contribution >= 0.6 is 11.6 Å². The van der Waals surface area contributed by atoms with E-state index in [0.717, 1.165) is 39.7 Å². The molecule has 0 bridgehead atoms. The Kier molecular flexibility index (Phi) is 5.37. The first-order valence-corrected chi connectivity index (χ1v) is 10.9. The molecule has 0 saturated heterocycles. The molecule has 1 amide bonds. The van der Waals surface area contributed by atoms with E-state index in [4.69, 9.17) is 11.6 Å². The normalized spacial score (nSPS) is 16.2. The van der Waals surface area contributed by atoms with Gasteiger partial charge < -0.3 is 4.90 Å². The highest BCUT2D eigenvalue weighted by Gasteiger charge is 2.35. The zero-order chi connectivity index (χ0) is 23.2. The van der Waals surface area contributed by atoms with Gasteiger partial charge in [-0.15, -0.1) is 0 Å².